The highest BCUT2D eigenvalue weighted by atomic mass is 16.5. The first-order valence-electron chi connectivity index (χ1n) is 6.53. The maximum atomic E-state index is 10.1. The maximum absolute atomic E-state index is 10.1. The second-order valence-electron chi connectivity index (χ2n) is 4.71. The molecule has 0 saturated carbocycles. The minimum Gasteiger partial charge on any atom is -0.507 e. The third-order valence-electron chi connectivity index (χ3n) is 3.49. The van der Waals surface area contributed by atoms with Crippen molar-refractivity contribution in [2.24, 2.45) is 0 Å². The first-order chi connectivity index (χ1) is 9.31. The predicted octanol–water partition coefficient (Wildman–Crippen LogP) is 0.965. The Kier molecular flexibility index (Phi) is 3.13. The van der Waals surface area contributed by atoms with E-state index in [1.807, 2.05) is 37.4 Å². The highest BCUT2D eigenvalue weighted by Crippen LogP contribution is 2.25. The summed E-state index contributed by atoms with van der Waals surface area (Å²) in [5.74, 6) is 1.28. The standard InChI is InChI=1S/C16H17NO2/c1-17-10-9-14-11-5-2-3-6-12(11)16-13(18)7-4-8-15(16)19-14/h2-8,15,17-18H,9-10H2,1H3. The molecule has 1 heterocycles. The van der Waals surface area contributed by atoms with Crippen molar-refractivity contribution in [3.05, 3.63) is 58.7 Å². The number of hydrogen-bond donors (Lipinski definition) is 2. The molecule has 3 heteroatoms. The van der Waals surface area contributed by atoms with Crippen molar-refractivity contribution in [1.29, 1.82) is 0 Å². The molecule has 1 aliphatic heterocycles. The molecule has 3 rings (SSSR count). The summed E-state index contributed by atoms with van der Waals surface area (Å²) >= 11 is 0. The molecule has 0 radical (unpaired) electrons. The van der Waals surface area contributed by atoms with E-state index in [-0.39, 0.29) is 6.10 Å². The number of ether oxygens (including phenoxy) is 1. The summed E-state index contributed by atoms with van der Waals surface area (Å²) in [6.45, 7) is 0.872. The Morgan fingerprint density at radius 2 is 2.05 bits per heavy atom. The van der Waals surface area contributed by atoms with Gasteiger partial charge in [0.1, 0.15) is 17.6 Å². The van der Waals surface area contributed by atoms with Gasteiger partial charge in [0.05, 0.1) is 0 Å². The Morgan fingerprint density at radius 3 is 2.84 bits per heavy atom. The normalized spacial score (nSPS) is 20.5. The van der Waals surface area contributed by atoms with Gasteiger partial charge in [-0.3, -0.25) is 0 Å². The van der Waals surface area contributed by atoms with Crippen LogP contribution in [0.25, 0.3) is 11.3 Å². The summed E-state index contributed by atoms with van der Waals surface area (Å²) in [5, 5.41) is 15.4. The molecule has 0 saturated heterocycles. The minimum absolute atomic E-state index is 0.174. The Bertz CT molecular complexity index is 670. The number of aliphatic hydroxyl groups is 1. The quantitative estimate of drug-likeness (QED) is 0.845. The van der Waals surface area contributed by atoms with Crippen molar-refractivity contribution in [3.8, 4) is 0 Å². The summed E-state index contributed by atoms with van der Waals surface area (Å²) in [6.07, 6.45) is 6.20. The molecule has 98 valence electrons. The van der Waals surface area contributed by atoms with Gasteiger partial charge in [0, 0.05) is 23.8 Å². The minimum atomic E-state index is -0.174. The van der Waals surface area contributed by atoms with Crippen LogP contribution in [-0.2, 0) is 4.74 Å². The molecule has 0 aromatic heterocycles. The molecule has 1 aromatic rings. The van der Waals surface area contributed by atoms with Gasteiger partial charge in [-0.25, -0.2) is 0 Å². The number of aliphatic hydroxyl groups excluding tert-OH is 1. The van der Waals surface area contributed by atoms with Gasteiger partial charge >= 0.3 is 0 Å². The second-order valence-corrected chi connectivity index (χ2v) is 4.71. The van der Waals surface area contributed by atoms with E-state index >= 15 is 0 Å². The third-order valence-corrected chi connectivity index (χ3v) is 3.49. The van der Waals surface area contributed by atoms with Crippen molar-refractivity contribution in [1.82, 2.24) is 5.32 Å². The Morgan fingerprint density at radius 1 is 1.26 bits per heavy atom. The van der Waals surface area contributed by atoms with Crippen molar-refractivity contribution in [2.75, 3.05) is 13.6 Å². The largest absolute Gasteiger partial charge is 0.507 e. The molecule has 2 aliphatic rings. The van der Waals surface area contributed by atoms with Crippen molar-refractivity contribution < 1.29 is 9.84 Å². The lowest BCUT2D eigenvalue weighted by Gasteiger charge is -2.26. The van der Waals surface area contributed by atoms with E-state index in [2.05, 4.69) is 11.4 Å². The molecule has 19 heavy (non-hydrogen) atoms. The SMILES string of the molecule is CNCCC1=c2ccccc2=C2C(O)=CC=CC2O1. The smallest absolute Gasteiger partial charge is 0.146 e. The van der Waals surface area contributed by atoms with Crippen LogP contribution in [0.2, 0.25) is 0 Å². The fraction of sp³-hybridized carbons (Fsp3) is 0.250. The van der Waals surface area contributed by atoms with E-state index in [1.54, 1.807) is 6.08 Å². The summed E-state index contributed by atoms with van der Waals surface area (Å²) in [4.78, 5) is 0. The number of nitrogens with one attached hydrogen (secondary N) is 1. The number of benzene rings is 1. The topological polar surface area (TPSA) is 41.5 Å². The van der Waals surface area contributed by atoms with E-state index in [0.717, 1.165) is 34.7 Å². The molecule has 3 nitrogen and oxygen atoms in total. The molecular weight excluding hydrogens is 238 g/mol. The zero-order valence-corrected chi connectivity index (χ0v) is 10.9. The fourth-order valence-electron chi connectivity index (χ4n) is 2.58. The molecule has 0 fully saturated rings. The lowest BCUT2D eigenvalue weighted by molar-refractivity contribution is 0.235. The fourth-order valence-corrected chi connectivity index (χ4v) is 2.58. The van der Waals surface area contributed by atoms with Gasteiger partial charge < -0.3 is 15.2 Å². The average Bonchev–Trinajstić information content (AvgIpc) is 2.44. The summed E-state index contributed by atoms with van der Waals surface area (Å²) in [6, 6.07) is 8.09. The van der Waals surface area contributed by atoms with Crippen molar-refractivity contribution in [3.63, 3.8) is 0 Å². The van der Waals surface area contributed by atoms with Gasteiger partial charge in [0.25, 0.3) is 0 Å². The van der Waals surface area contributed by atoms with E-state index in [1.165, 1.54) is 0 Å². The molecule has 1 unspecified atom stereocenters. The molecule has 0 bridgehead atoms. The van der Waals surface area contributed by atoms with Gasteiger partial charge in [0.15, 0.2) is 0 Å². The first kappa shape index (κ1) is 12.1. The number of fused-ring (bicyclic) bond motifs is 2. The molecular formula is C16H17NO2. The number of rotatable bonds is 3. The average molecular weight is 255 g/mol. The number of hydrogen-bond acceptors (Lipinski definition) is 3. The Hall–Kier alpha value is -2.00. The van der Waals surface area contributed by atoms with E-state index in [0.29, 0.717) is 5.76 Å². The highest BCUT2D eigenvalue weighted by Gasteiger charge is 2.25. The van der Waals surface area contributed by atoms with Gasteiger partial charge in [0.2, 0.25) is 0 Å². The van der Waals surface area contributed by atoms with Gasteiger partial charge in [-0.1, -0.05) is 30.3 Å². The number of allylic oxidation sites excluding steroid dienone is 2. The monoisotopic (exact) mass is 255 g/mol. The van der Waals surface area contributed by atoms with Gasteiger partial charge in [-0.15, -0.1) is 0 Å². The van der Waals surface area contributed by atoms with Gasteiger partial charge in [-0.2, -0.15) is 0 Å². The van der Waals surface area contributed by atoms with Crippen molar-refractivity contribution >= 4 is 11.3 Å². The van der Waals surface area contributed by atoms with E-state index in [9.17, 15) is 5.11 Å². The van der Waals surface area contributed by atoms with Crippen LogP contribution in [0.1, 0.15) is 6.42 Å². The molecule has 1 atom stereocenters. The second kappa shape index (κ2) is 4.94. The van der Waals surface area contributed by atoms with Crippen LogP contribution in [0, 0.1) is 0 Å². The summed E-state index contributed by atoms with van der Waals surface area (Å²) in [5.41, 5.74) is 0.867. The molecule has 2 N–H and O–H groups in total. The molecule has 0 amide bonds. The predicted molar refractivity (Wildman–Crippen MR) is 75.8 cm³/mol. The zero-order chi connectivity index (χ0) is 13.2. The summed E-state index contributed by atoms with van der Waals surface area (Å²) in [7, 11) is 1.93. The molecule has 0 spiro atoms. The lowest BCUT2D eigenvalue weighted by Crippen LogP contribution is -2.40. The van der Waals surface area contributed by atoms with Crippen LogP contribution in [0.3, 0.4) is 0 Å². The Labute approximate surface area is 112 Å². The van der Waals surface area contributed by atoms with Crippen LogP contribution >= 0.6 is 0 Å². The maximum Gasteiger partial charge on any atom is 0.146 e. The highest BCUT2D eigenvalue weighted by molar-refractivity contribution is 5.72. The van der Waals surface area contributed by atoms with Crippen LogP contribution < -0.4 is 15.8 Å². The Balaban J connectivity index is 2.25. The van der Waals surface area contributed by atoms with Crippen LogP contribution in [0.4, 0.5) is 0 Å². The van der Waals surface area contributed by atoms with E-state index < -0.39 is 0 Å². The molecule has 1 aliphatic carbocycles. The van der Waals surface area contributed by atoms with Crippen molar-refractivity contribution in [2.45, 2.75) is 12.5 Å². The lowest BCUT2D eigenvalue weighted by atomic mass is 9.96. The first-order valence-corrected chi connectivity index (χ1v) is 6.53. The molecule has 1 aromatic carbocycles. The van der Waals surface area contributed by atoms with Gasteiger partial charge in [-0.05, 0) is 24.4 Å². The summed E-state index contributed by atoms with van der Waals surface area (Å²) < 4.78 is 6.04. The zero-order valence-electron chi connectivity index (χ0n) is 10.9. The van der Waals surface area contributed by atoms with Crippen LogP contribution in [0.15, 0.2) is 48.3 Å². The van der Waals surface area contributed by atoms with E-state index in [4.69, 9.17) is 4.74 Å². The van der Waals surface area contributed by atoms with Crippen LogP contribution in [-0.4, -0.2) is 24.8 Å². The van der Waals surface area contributed by atoms with Crippen LogP contribution in [0.5, 0.6) is 0 Å². The third kappa shape index (κ3) is 2.06.